The van der Waals surface area contributed by atoms with Crippen LogP contribution >= 0.6 is 27.5 Å². The second-order valence-corrected chi connectivity index (χ2v) is 3.83. The number of halogens is 2. The molecule has 1 nitrogen and oxygen atoms in total. The number of hydrogen-bond acceptors (Lipinski definition) is 1. The Morgan fingerprint density at radius 1 is 1.58 bits per heavy atom. The summed E-state index contributed by atoms with van der Waals surface area (Å²) in [4.78, 5) is 0. The van der Waals surface area contributed by atoms with Gasteiger partial charge in [-0.05, 0) is 40.5 Å². The Morgan fingerprint density at radius 2 is 2.17 bits per heavy atom. The van der Waals surface area contributed by atoms with Crippen molar-refractivity contribution in [1.82, 2.24) is 0 Å². The van der Waals surface area contributed by atoms with Crippen LogP contribution in [-0.4, -0.2) is 5.11 Å². The van der Waals surface area contributed by atoms with Crippen molar-refractivity contribution in [2.75, 3.05) is 0 Å². The maximum Gasteiger partial charge on any atom is 0.148 e. The molecule has 0 bridgehead atoms. The quantitative estimate of drug-likeness (QED) is 0.799. The molecule has 0 aliphatic heterocycles. The predicted octanol–water partition coefficient (Wildman–Crippen LogP) is 3.84. The Hall–Kier alpha value is -0.470. The second-order valence-electron chi connectivity index (χ2n) is 2.57. The van der Waals surface area contributed by atoms with E-state index in [2.05, 4.69) is 22.5 Å². The Bertz CT molecular complexity index is 310. The zero-order chi connectivity index (χ0) is 9.30. The summed E-state index contributed by atoms with van der Waals surface area (Å²) in [5.74, 6) is 0.0710. The van der Waals surface area contributed by atoms with Crippen molar-refractivity contribution in [2.45, 2.75) is 6.92 Å². The maximum absolute atomic E-state index is 9.30. The molecule has 1 rings (SSSR count). The summed E-state index contributed by atoms with van der Waals surface area (Å²) in [7, 11) is 0. The van der Waals surface area contributed by atoms with Crippen molar-refractivity contribution in [3.05, 3.63) is 33.8 Å². The Kier molecular flexibility index (Phi) is 2.80. The van der Waals surface area contributed by atoms with Gasteiger partial charge < -0.3 is 5.11 Å². The summed E-state index contributed by atoms with van der Waals surface area (Å²) >= 11 is 8.93. The van der Waals surface area contributed by atoms with Crippen molar-refractivity contribution in [3.63, 3.8) is 0 Å². The summed E-state index contributed by atoms with van der Waals surface area (Å²) in [6, 6.07) is 3.47. The van der Waals surface area contributed by atoms with Crippen LogP contribution in [0.5, 0.6) is 5.75 Å². The largest absolute Gasteiger partial charge is 0.505 e. The first kappa shape index (κ1) is 9.62. The third-order valence-electron chi connectivity index (χ3n) is 1.51. The minimum atomic E-state index is 0.0710. The molecular weight excluding hydrogens is 239 g/mol. The molecule has 1 aromatic carbocycles. The Morgan fingerprint density at radius 3 is 2.58 bits per heavy atom. The van der Waals surface area contributed by atoms with Crippen LogP contribution in [0, 0.1) is 0 Å². The molecule has 0 unspecified atom stereocenters. The van der Waals surface area contributed by atoms with Crippen molar-refractivity contribution >= 4 is 33.1 Å². The molecule has 1 N–H and O–H groups in total. The molecule has 0 aromatic heterocycles. The molecule has 0 spiro atoms. The van der Waals surface area contributed by atoms with Gasteiger partial charge in [-0.2, -0.15) is 0 Å². The molecule has 0 heterocycles. The van der Waals surface area contributed by atoms with Crippen molar-refractivity contribution < 1.29 is 5.11 Å². The number of rotatable bonds is 1. The fraction of sp³-hybridized carbons (Fsp3) is 0.111. The van der Waals surface area contributed by atoms with Gasteiger partial charge in [-0.3, -0.25) is 0 Å². The highest BCUT2D eigenvalue weighted by molar-refractivity contribution is 9.10. The molecule has 0 atom stereocenters. The van der Waals surface area contributed by atoms with E-state index in [1.165, 1.54) is 0 Å². The smallest absolute Gasteiger partial charge is 0.148 e. The zero-order valence-corrected chi connectivity index (χ0v) is 8.91. The maximum atomic E-state index is 9.30. The van der Waals surface area contributed by atoms with Crippen LogP contribution in [-0.2, 0) is 0 Å². The van der Waals surface area contributed by atoms with Gasteiger partial charge >= 0.3 is 0 Å². The van der Waals surface area contributed by atoms with Crippen molar-refractivity contribution in [3.8, 4) is 5.75 Å². The number of phenols is 1. The molecule has 0 saturated carbocycles. The molecule has 12 heavy (non-hydrogen) atoms. The van der Waals surface area contributed by atoms with Gasteiger partial charge in [0.1, 0.15) is 5.75 Å². The zero-order valence-electron chi connectivity index (χ0n) is 6.56. The average molecular weight is 248 g/mol. The van der Waals surface area contributed by atoms with E-state index in [1.807, 2.05) is 6.92 Å². The van der Waals surface area contributed by atoms with Crippen LogP contribution in [0.1, 0.15) is 12.5 Å². The van der Waals surface area contributed by atoms with E-state index in [0.29, 0.717) is 9.50 Å². The van der Waals surface area contributed by atoms with Gasteiger partial charge in [0.15, 0.2) is 0 Å². The molecule has 0 radical (unpaired) electrons. The SMILES string of the molecule is C=C(C)c1cc(Cl)c(O)c(Br)c1. The van der Waals surface area contributed by atoms with Gasteiger partial charge in [-0.15, -0.1) is 0 Å². The molecule has 0 amide bonds. The van der Waals surface area contributed by atoms with Gasteiger partial charge in [0, 0.05) is 0 Å². The normalized spacial score (nSPS) is 9.92. The van der Waals surface area contributed by atoms with Crippen LogP contribution in [0.25, 0.3) is 5.57 Å². The van der Waals surface area contributed by atoms with Gasteiger partial charge in [-0.1, -0.05) is 23.8 Å². The van der Waals surface area contributed by atoms with E-state index in [4.69, 9.17) is 11.6 Å². The standard InChI is InChI=1S/C9H8BrClO/c1-5(2)6-3-7(10)9(12)8(11)4-6/h3-4,12H,1H2,2H3. The molecule has 64 valence electrons. The van der Waals surface area contributed by atoms with Crippen LogP contribution in [0.3, 0.4) is 0 Å². The molecule has 0 aliphatic rings. The average Bonchev–Trinajstić information content (AvgIpc) is 1.99. The monoisotopic (exact) mass is 246 g/mol. The number of benzene rings is 1. The van der Waals surface area contributed by atoms with Gasteiger partial charge in [-0.25, -0.2) is 0 Å². The lowest BCUT2D eigenvalue weighted by molar-refractivity contribution is 0.472. The first-order chi connectivity index (χ1) is 5.52. The Balaban J connectivity index is 3.31. The van der Waals surface area contributed by atoms with Gasteiger partial charge in [0.2, 0.25) is 0 Å². The lowest BCUT2D eigenvalue weighted by Gasteiger charge is -2.04. The highest BCUT2D eigenvalue weighted by Gasteiger charge is 2.05. The summed E-state index contributed by atoms with van der Waals surface area (Å²) in [5.41, 5.74) is 1.84. The minimum Gasteiger partial charge on any atom is -0.505 e. The molecule has 0 saturated heterocycles. The third kappa shape index (κ3) is 1.82. The highest BCUT2D eigenvalue weighted by Crippen LogP contribution is 2.34. The van der Waals surface area contributed by atoms with E-state index < -0.39 is 0 Å². The van der Waals surface area contributed by atoms with Gasteiger partial charge in [0.25, 0.3) is 0 Å². The Labute approximate surface area is 84.8 Å². The van der Waals surface area contributed by atoms with E-state index in [0.717, 1.165) is 11.1 Å². The van der Waals surface area contributed by atoms with Crippen LogP contribution in [0.4, 0.5) is 0 Å². The summed E-state index contributed by atoms with van der Waals surface area (Å²) in [6.07, 6.45) is 0. The van der Waals surface area contributed by atoms with Crippen molar-refractivity contribution in [1.29, 1.82) is 0 Å². The number of aromatic hydroxyl groups is 1. The molecule has 0 aliphatic carbocycles. The van der Waals surface area contributed by atoms with E-state index in [-0.39, 0.29) is 5.75 Å². The van der Waals surface area contributed by atoms with E-state index >= 15 is 0 Å². The molecule has 1 aromatic rings. The van der Waals surface area contributed by atoms with Crippen LogP contribution < -0.4 is 0 Å². The topological polar surface area (TPSA) is 20.2 Å². The van der Waals surface area contributed by atoms with Crippen molar-refractivity contribution in [2.24, 2.45) is 0 Å². The lowest BCUT2D eigenvalue weighted by atomic mass is 10.1. The first-order valence-corrected chi connectivity index (χ1v) is 4.53. The van der Waals surface area contributed by atoms with Crippen LogP contribution in [0.2, 0.25) is 5.02 Å². The summed E-state index contributed by atoms with van der Waals surface area (Å²) in [6.45, 7) is 5.66. The lowest BCUT2D eigenvalue weighted by Crippen LogP contribution is -1.79. The predicted molar refractivity (Wildman–Crippen MR) is 55.5 cm³/mol. The fourth-order valence-corrected chi connectivity index (χ4v) is 1.61. The highest BCUT2D eigenvalue weighted by atomic mass is 79.9. The number of allylic oxidation sites excluding steroid dienone is 1. The fourth-order valence-electron chi connectivity index (χ4n) is 0.812. The summed E-state index contributed by atoms with van der Waals surface area (Å²) < 4.78 is 0.591. The van der Waals surface area contributed by atoms with E-state index in [1.54, 1.807) is 12.1 Å². The third-order valence-corrected chi connectivity index (χ3v) is 2.40. The number of hydrogen-bond donors (Lipinski definition) is 1. The summed E-state index contributed by atoms with van der Waals surface area (Å²) in [5, 5.41) is 9.64. The van der Waals surface area contributed by atoms with Gasteiger partial charge in [0.05, 0.1) is 9.50 Å². The molecule has 3 heteroatoms. The number of phenolic OH excluding ortho intramolecular Hbond substituents is 1. The second kappa shape index (κ2) is 3.50. The first-order valence-electron chi connectivity index (χ1n) is 3.36. The molecule has 0 fully saturated rings. The van der Waals surface area contributed by atoms with E-state index in [9.17, 15) is 5.11 Å². The minimum absolute atomic E-state index is 0.0710. The molecular formula is C9H8BrClO. The van der Waals surface area contributed by atoms with Crippen LogP contribution in [0.15, 0.2) is 23.2 Å².